The molecule has 9 heteroatoms. The first-order valence-electron chi connectivity index (χ1n) is 15.1. The number of aliphatic hydroxyl groups is 1. The van der Waals surface area contributed by atoms with Crippen LogP contribution in [0.5, 0.6) is 0 Å². The predicted molar refractivity (Wildman–Crippen MR) is 157 cm³/mol. The second kappa shape index (κ2) is 23.0. The number of amides is 1. The van der Waals surface area contributed by atoms with Gasteiger partial charge in [-0.05, 0) is 19.3 Å². The third kappa shape index (κ3) is 24.3. The first-order valence-corrected chi connectivity index (χ1v) is 16.6. The maximum absolute atomic E-state index is 12.5. The minimum atomic E-state index is -4.30. The molecule has 0 aromatic heterocycles. The average molecular weight is 564 g/mol. The number of aliphatic hydroxyl groups excluding tert-OH is 1. The van der Waals surface area contributed by atoms with E-state index >= 15 is 0 Å². The molecule has 226 valence electrons. The van der Waals surface area contributed by atoms with Crippen LogP contribution < -0.4 is 5.32 Å². The van der Waals surface area contributed by atoms with Crippen LogP contribution in [0.15, 0.2) is 12.2 Å². The third-order valence-corrected chi connectivity index (χ3v) is 7.49. The largest absolute Gasteiger partial charge is 0.472 e. The van der Waals surface area contributed by atoms with Gasteiger partial charge in [0.1, 0.15) is 13.2 Å². The number of phosphoric ester groups is 1. The maximum atomic E-state index is 12.5. The number of carbonyl (C=O) groups excluding carboxylic acids is 1. The van der Waals surface area contributed by atoms with Crippen molar-refractivity contribution < 1.29 is 32.9 Å². The molecule has 0 aromatic carbocycles. The molecule has 0 radical (unpaired) electrons. The number of quaternary nitrogens is 1. The van der Waals surface area contributed by atoms with Gasteiger partial charge >= 0.3 is 7.82 Å². The minimum Gasteiger partial charge on any atom is -0.387 e. The van der Waals surface area contributed by atoms with Gasteiger partial charge in [0.05, 0.1) is 39.9 Å². The molecule has 3 atom stereocenters. The van der Waals surface area contributed by atoms with Crippen LogP contribution >= 0.6 is 7.82 Å². The molecule has 0 aliphatic carbocycles. The molecule has 0 saturated carbocycles. The van der Waals surface area contributed by atoms with E-state index < -0.39 is 20.0 Å². The number of allylic oxidation sites excluding steroid dienone is 1. The van der Waals surface area contributed by atoms with Gasteiger partial charge in [0, 0.05) is 6.42 Å². The lowest BCUT2D eigenvalue weighted by Gasteiger charge is -2.25. The summed E-state index contributed by atoms with van der Waals surface area (Å²) in [5.41, 5.74) is 0. The lowest BCUT2D eigenvalue weighted by Crippen LogP contribution is -2.45. The lowest BCUT2D eigenvalue weighted by atomic mass is 10.1. The summed E-state index contributed by atoms with van der Waals surface area (Å²) >= 11 is 0. The molecule has 0 fully saturated rings. The van der Waals surface area contributed by atoms with Gasteiger partial charge in [-0.2, -0.15) is 0 Å². The van der Waals surface area contributed by atoms with Crippen molar-refractivity contribution in [2.24, 2.45) is 0 Å². The van der Waals surface area contributed by atoms with Crippen molar-refractivity contribution in [3.8, 4) is 0 Å². The summed E-state index contributed by atoms with van der Waals surface area (Å²) in [7, 11) is 1.57. The van der Waals surface area contributed by atoms with E-state index in [-0.39, 0.29) is 19.1 Å². The third-order valence-electron chi connectivity index (χ3n) is 6.51. The average Bonchev–Trinajstić information content (AvgIpc) is 2.84. The van der Waals surface area contributed by atoms with Crippen LogP contribution in [0.2, 0.25) is 0 Å². The van der Waals surface area contributed by atoms with E-state index in [9.17, 15) is 19.4 Å². The van der Waals surface area contributed by atoms with E-state index in [1.807, 2.05) is 27.2 Å². The molecule has 3 N–H and O–H groups in total. The highest BCUT2D eigenvalue weighted by Gasteiger charge is 2.27. The number of hydrogen-bond acceptors (Lipinski definition) is 5. The molecule has 0 rings (SSSR count). The molecule has 0 heterocycles. The Labute approximate surface area is 233 Å². The fourth-order valence-corrected chi connectivity index (χ4v) is 4.71. The summed E-state index contributed by atoms with van der Waals surface area (Å²) in [6.07, 6.45) is 20.1. The monoisotopic (exact) mass is 563 g/mol. The molecule has 0 aliphatic heterocycles. The van der Waals surface area contributed by atoms with E-state index in [1.54, 1.807) is 6.08 Å². The summed E-state index contributed by atoms with van der Waals surface area (Å²) in [6, 6.07) is -0.833. The Morgan fingerprint density at radius 1 is 0.868 bits per heavy atom. The quantitative estimate of drug-likeness (QED) is 0.0480. The van der Waals surface area contributed by atoms with Gasteiger partial charge in [0.25, 0.3) is 0 Å². The summed E-state index contributed by atoms with van der Waals surface area (Å²) in [4.78, 5) is 22.6. The van der Waals surface area contributed by atoms with Crippen LogP contribution in [0.4, 0.5) is 0 Å². The second-order valence-corrected chi connectivity index (χ2v) is 12.9. The van der Waals surface area contributed by atoms with Crippen molar-refractivity contribution in [1.29, 1.82) is 0 Å². The van der Waals surface area contributed by atoms with Crippen LogP contribution in [0, 0.1) is 0 Å². The molecular weight excluding hydrogens is 503 g/mol. The van der Waals surface area contributed by atoms with Crippen molar-refractivity contribution in [2.75, 3.05) is 40.9 Å². The number of rotatable bonds is 26. The molecular formula is C29H60N2O6P+. The highest BCUT2D eigenvalue weighted by molar-refractivity contribution is 7.47. The molecule has 3 unspecified atom stereocenters. The van der Waals surface area contributed by atoms with Gasteiger partial charge in [-0.15, -0.1) is 0 Å². The van der Waals surface area contributed by atoms with Gasteiger partial charge in [-0.25, -0.2) is 4.57 Å². The van der Waals surface area contributed by atoms with Crippen molar-refractivity contribution in [3.05, 3.63) is 12.2 Å². The number of unbranched alkanes of at least 4 members (excludes halogenated alkanes) is 13. The van der Waals surface area contributed by atoms with E-state index in [0.29, 0.717) is 17.4 Å². The molecule has 8 nitrogen and oxygen atoms in total. The zero-order valence-electron chi connectivity index (χ0n) is 25.2. The van der Waals surface area contributed by atoms with Gasteiger partial charge in [-0.3, -0.25) is 13.8 Å². The molecule has 0 aliphatic rings. The van der Waals surface area contributed by atoms with Gasteiger partial charge in [-0.1, -0.05) is 103 Å². The first kappa shape index (κ1) is 37.2. The Balaban J connectivity index is 4.69. The summed E-state index contributed by atoms with van der Waals surface area (Å²) in [5, 5.41) is 13.5. The Hall–Kier alpha value is -0.760. The predicted octanol–water partition coefficient (Wildman–Crippen LogP) is 6.51. The number of nitrogens with zero attached hydrogens (tertiary/aromatic N) is 1. The Kier molecular flexibility index (Phi) is 22.5. The Morgan fingerprint density at radius 2 is 1.39 bits per heavy atom. The number of hydrogen-bond donors (Lipinski definition) is 3. The number of phosphoric acid groups is 1. The van der Waals surface area contributed by atoms with Crippen molar-refractivity contribution in [2.45, 2.75) is 129 Å². The van der Waals surface area contributed by atoms with Gasteiger partial charge in [0.15, 0.2) is 0 Å². The normalized spacial score (nSPS) is 15.4. The van der Waals surface area contributed by atoms with E-state index in [2.05, 4.69) is 19.2 Å². The van der Waals surface area contributed by atoms with E-state index in [1.165, 1.54) is 57.8 Å². The highest BCUT2D eigenvalue weighted by Crippen LogP contribution is 2.43. The van der Waals surface area contributed by atoms with E-state index in [0.717, 1.165) is 38.5 Å². The van der Waals surface area contributed by atoms with Crippen LogP contribution in [0.3, 0.4) is 0 Å². The Morgan fingerprint density at radius 3 is 1.95 bits per heavy atom. The number of likely N-dealkylation sites (N-methyl/N-ethyl adjacent to an activating group) is 1. The molecule has 38 heavy (non-hydrogen) atoms. The standard InChI is InChI=1S/C29H59N2O6P/c1-6-8-10-12-14-15-16-17-18-20-22-28(32)27(30-29(33)23-21-19-13-11-9-7-2)26-37-38(34,35)36-25-24-31(3,4)5/h20,22,27-28,32H,6-19,21,23-26H2,1-5H3,(H-,30,33,34,35)/p+1/b22-20+. The van der Waals surface area contributed by atoms with E-state index in [4.69, 9.17) is 9.05 Å². The van der Waals surface area contributed by atoms with Crippen LogP contribution in [-0.4, -0.2) is 73.4 Å². The zero-order chi connectivity index (χ0) is 28.7. The fraction of sp³-hybridized carbons (Fsp3) is 0.897. The zero-order valence-corrected chi connectivity index (χ0v) is 26.1. The van der Waals surface area contributed by atoms with Crippen LogP contribution in [0.25, 0.3) is 0 Å². The Bertz CT molecular complexity index is 653. The van der Waals surface area contributed by atoms with Gasteiger partial charge in [0.2, 0.25) is 5.91 Å². The number of carbonyl (C=O) groups is 1. The summed E-state index contributed by atoms with van der Waals surface area (Å²) in [6.45, 7) is 4.68. The van der Waals surface area contributed by atoms with Gasteiger partial charge < -0.3 is 19.8 Å². The topological polar surface area (TPSA) is 105 Å². The maximum Gasteiger partial charge on any atom is 0.472 e. The molecule has 0 spiro atoms. The smallest absolute Gasteiger partial charge is 0.387 e. The number of nitrogens with one attached hydrogen (secondary N) is 1. The van der Waals surface area contributed by atoms with Crippen LogP contribution in [0.1, 0.15) is 117 Å². The highest BCUT2D eigenvalue weighted by atomic mass is 31.2. The fourth-order valence-electron chi connectivity index (χ4n) is 3.98. The SMILES string of the molecule is CCCCCCCCCC/C=C/C(O)C(COP(=O)(O)OCC[N+](C)(C)C)NC(=O)CCCCCCCC. The van der Waals surface area contributed by atoms with Crippen molar-refractivity contribution in [3.63, 3.8) is 0 Å². The minimum absolute atomic E-state index is 0.0629. The van der Waals surface area contributed by atoms with Crippen LogP contribution in [-0.2, 0) is 18.4 Å². The summed E-state index contributed by atoms with van der Waals surface area (Å²) in [5.74, 6) is -0.191. The van der Waals surface area contributed by atoms with Crippen molar-refractivity contribution in [1.82, 2.24) is 5.32 Å². The lowest BCUT2D eigenvalue weighted by molar-refractivity contribution is -0.870. The first-order chi connectivity index (χ1) is 18.0. The molecule has 1 amide bonds. The van der Waals surface area contributed by atoms with Crippen molar-refractivity contribution >= 4 is 13.7 Å². The molecule has 0 bridgehead atoms. The molecule has 0 saturated heterocycles. The second-order valence-electron chi connectivity index (χ2n) is 11.5. The molecule has 0 aromatic rings. The summed E-state index contributed by atoms with van der Waals surface area (Å²) < 4.78 is 23.2.